The number of carbonyl (C=O) groups is 1. The first kappa shape index (κ1) is 20.8. The van der Waals surface area contributed by atoms with E-state index < -0.39 is 0 Å². The van der Waals surface area contributed by atoms with E-state index in [-0.39, 0.29) is 12.0 Å². The number of hydrogen-bond acceptors (Lipinski definition) is 5. The minimum Gasteiger partial charge on any atom is -0.370 e. The number of guanidine groups is 1. The Morgan fingerprint density at radius 2 is 2.24 bits per heavy atom. The van der Waals surface area contributed by atoms with Crippen molar-refractivity contribution in [3.63, 3.8) is 0 Å². The van der Waals surface area contributed by atoms with Crippen molar-refractivity contribution < 1.29 is 9.53 Å². The number of pyridine rings is 1. The Morgan fingerprint density at radius 1 is 1.38 bits per heavy atom. The number of nitrogens with zero attached hydrogens (tertiary/aromatic N) is 5. The van der Waals surface area contributed by atoms with Gasteiger partial charge in [0.15, 0.2) is 5.96 Å². The second kappa shape index (κ2) is 10.0. The van der Waals surface area contributed by atoms with E-state index in [0.29, 0.717) is 31.9 Å². The molecule has 0 bridgehead atoms. The van der Waals surface area contributed by atoms with Crippen LogP contribution in [0.1, 0.15) is 30.6 Å². The zero-order valence-electron chi connectivity index (χ0n) is 17.3. The van der Waals surface area contributed by atoms with Crippen molar-refractivity contribution in [2.24, 2.45) is 12.0 Å². The molecular weight excluding hydrogens is 370 g/mol. The van der Waals surface area contributed by atoms with Crippen LogP contribution in [0.25, 0.3) is 0 Å². The normalized spacial score (nSPS) is 17.3. The van der Waals surface area contributed by atoms with E-state index in [9.17, 15) is 4.79 Å². The number of rotatable bonds is 6. The molecule has 1 amide bonds. The number of amides is 1. The lowest BCUT2D eigenvalue weighted by Gasteiger charge is -2.34. The molecule has 0 aromatic carbocycles. The maximum absolute atomic E-state index is 12.2. The van der Waals surface area contributed by atoms with Crippen molar-refractivity contribution in [2.75, 3.05) is 38.1 Å². The molecule has 0 spiro atoms. The summed E-state index contributed by atoms with van der Waals surface area (Å²) in [6.45, 7) is 7.20. The van der Waals surface area contributed by atoms with Crippen LogP contribution in [0, 0.1) is 6.92 Å². The van der Waals surface area contributed by atoms with Crippen molar-refractivity contribution >= 4 is 17.7 Å². The third-order valence-electron chi connectivity index (χ3n) is 4.58. The Kier molecular flexibility index (Phi) is 7.18. The summed E-state index contributed by atoms with van der Waals surface area (Å²) in [4.78, 5) is 23.2. The largest absolute Gasteiger partial charge is 0.370 e. The fraction of sp³-hybridized carbons (Fsp3) is 0.500. The molecule has 1 atom stereocenters. The van der Waals surface area contributed by atoms with E-state index >= 15 is 0 Å². The summed E-state index contributed by atoms with van der Waals surface area (Å²) in [5.74, 6) is 1.26. The molecular formula is C20H29N7O2. The van der Waals surface area contributed by atoms with Gasteiger partial charge in [0.25, 0.3) is 0 Å². The van der Waals surface area contributed by atoms with Crippen molar-refractivity contribution in [3.05, 3.63) is 41.9 Å². The van der Waals surface area contributed by atoms with Gasteiger partial charge in [-0.3, -0.25) is 14.5 Å². The molecule has 1 unspecified atom stereocenters. The van der Waals surface area contributed by atoms with E-state index in [4.69, 9.17) is 4.74 Å². The van der Waals surface area contributed by atoms with E-state index in [1.807, 2.05) is 39.4 Å². The fourth-order valence-electron chi connectivity index (χ4n) is 3.09. The lowest BCUT2D eigenvalue weighted by atomic mass is 10.1. The molecule has 2 aromatic heterocycles. The second-order valence-electron chi connectivity index (χ2n) is 7.01. The lowest BCUT2D eigenvalue weighted by Crippen LogP contribution is -2.48. The first-order chi connectivity index (χ1) is 14.0. The van der Waals surface area contributed by atoms with Gasteiger partial charge in [-0.25, -0.2) is 4.98 Å². The van der Waals surface area contributed by atoms with Crippen LogP contribution in [-0.2, 0) is 16.6 Å². The number of nitrogens with one attached hydrogen (secondary N) is 2. The molecule has 0 aliphatic carbocycles. The molecule has 1 aliphatic heterocycles. The van der Waals surface area contributed by atoms with Gasteiger partial charge in [-0.1, -0.05) is 6.07 Å². The summed E-state index contributed by atoms with van der Waals surface area (Å²) in [6, 6.07) is 3.72. The molecule has 1 fully saturated rings. The molecule has 3 heterocycles. The molecule has 9 nitrogen and oxygen atoms in total. The Bertz CT molecular complexity index is 832. The van der Waals surface area contributed by atoms with Crippen LogP contribution in [0.3, 0.4) is 0 Å². The Balaban J connectivity index is 1.55. The summed E-state index contributed by atoms with van der Waals surface area (Å²) in [5.41, 5.74) is 2.11. The summed E-state index contributed by atoms with van der Waals surface area (Å²) in [5, 5.41) is 10.3. The minimum atomic E-state index is -0.101. The Labute approximate surface area is 171 Å². The highest BCUT2D eigenvalue weighted by Gasteiger charge is 2.25. The standard InChI is InChI=1S/C20H29N7O2/c1-4-21-20(22-8-7-19(28)25-18-6-5-15(2)11-23-18)27-9-10-29-17(14-27)16-12-24-26(3)13-16/h5-6,11-13,17H,4,7-10,14H2,1-3H3,(H,21,22)(H,23,25,28). The molecule has 9 heteroatoms. The van der Waals surface area contributed by atoms with Crippen molar-refractivity contribution in [3.8, 4) is 0 Å². The third kappa shape index (κ3) is 6.02. The summed E-state index contributed by atoms with van der Waals surface area (Å²) in [7, 11) is 1.90. The van der Waals surface area contributed by atoms with E-state index in [0.717, 1.165) is 30.2 Å². The van der Waals surface area contributed by atoms with Gasteiger partial charge < -0.3 is 20.3 Å². The summed E-state index contributed by atoms with van der Waals surface area (Å²) >= 11 is 0. The van der Waals surface area contributed by atoms with Crippen LogP contribution in [0.4, 0.5) is 5.82 Å². The average molecular weight is 399 g/mol. The van der Waals surface area contributed by atoms with Crippen molar-refractivity contribution in [1.82, 2.24) is 25.0 Å². The molecule has 0 radical (unpaired) electrons. The van der Waals surface area contributed by atoms with E-state index in [2.05, 4.69) is 30.6 Å². The van der Waals surface area contributed by atoms with Gasteiger partial charge in [0.05, 0.1) is 25.9 Å². The minimum absolute atomic E-state index is 0.0442. The van der Waals surface area contributed by atoms with Gasteiger partial charge in [-0.2, -0.15) is 5.10 Å². The first-order valence-electron chi connectivity index (χ1n) is 9.91. The Hall–Kier alpha value is -2.94. The number of morpholine rings is 1. The Morgan fingerprint density at radius 3 is 2.93 bits per heavy atom. The van der Waals surface area contributed by atoms with Crippen molar-refractivity contribution in [1.29, 1.82) is 0 Å². The first-order valence-corrected chi connectivity index (χ1v) is 9.91. The van der Waals surface area contributed by atoms with Gasteiger partial charge >= 0.3 is 0 Å². The highest BCUT2D eigenvalue weighted by Crippen LogP contribution is 2.21. The smallest absolute Gasteiger partial charge is 0.227 e. The molecule has 3 rings (SSSR count). The lowest BCUT2D eigenvalue weighted by molar-refractivity contribution is -0.116. The predicted octanol–water partition coefficient (Wildman–Crippen LogP) is 1.49. The van der Waals surface area contributed by atoms with Crippen molar-refractivity contribution in [2.45, 2.75) is 26.4 Å². The van der Waals surface area contributed by atoms with Gasteiger partial charge in [0, 0.05) is 44.5 Å². The number of aliphatic imine (C=N–C) groups is 1. The topological polar surface area (TPSA) is 96.7 Å². The maximum Gasteiger partial charge on any atom is 0.227 e. The van der Waals surface area contributed by atoms with Crippen LogP contribution >= 0.6 is 0 Å². The number of aryl methyl sites for hydroxylation is 2. The van der Waals surface area contributed by atoms with Gasteiger partial charge in [-0.05, 0) is 25.5 Å². The summed E-state index contributed by atoms with van der Waals surface area (Å²) in [6.07, 6.45) is 5.79. The number of ether oxygens (including phenoxy) is 1. The molecule has 29 heavy (non-hydrogen) atoms. The molecule has 1 aliphatic rings. The van der Waals surface area contributed by atoms with Gasteiger partial charge in [-0.15, -0.1) is 0 Å². The number of aromatic nitrogens is 3. The van der Waals surface area contributed by atoms with Crippen LogP contribution in [0.15, 0.2) is 35.7 Å². The highest BCUT2D eigenvalue weighted by atomic mass is 16.5. The predicted molar refractivity (Wildman–Crippen MR) is 112 cm³/mol. The maximum atomic E-state index is 12.2. The van der Waals surface area contributed by atoms with Crippen LogP contribution in [-0.4, -0.2) is 64.3 Å². The SMILES string of the molecule is CCNC(=NCCC(=O)Nc1ccc(C)cn1)N1CCOC(c2cnn(C)c2)C1. The number of carbonyl (C=O) groups excluding carboxylic acids is 1. The summed E-state index contributed by atoms with van der Waals surface area (Å²) < 4.78 is 7.68. The molecule has 2 aromatic rings. The molecule has 1 saturated heterocycles. The zero-order chi connectivity index (χ0) is 20.6. The quantitative estimate of drug-likeness (QED) is 0.564. The van der Waals surface area contributed by atoms with Crippen LogP contribution in [0.5, 0.6) is 0 Å². The van der Waals surface area contributed by atoms with E-state index in [1.54, 1.807) is 16.9 Å². The highest BCUT2D eigenvalue weighted by molar-refractivity contribution is 5.90. The monoisotopic (exact) mass is 399 g/mol. The second-order valence-corrected chi connectivity index (χ2v) is 7.01. The molecule has 0 saturated carbocycles. The van der Waals surface area contributed by atoms with Gasteiger partial charge in [0.2, 0.25) is 5.91 Å². The number of anilines is 1. The van der Waals surface area contributed by atoms with Crippen LogP contribution in [0.2, 0.25) is 0 Å². The molecule has 156 valence electrons. The zero-order valence-corrected chi connectivity index (χ0v) is 17.3. The average Bonchev–Trinajstić information content (AvgIpc) is 3.16. The van der Waals surface area contributed by atoms with Crippen LogP contribution < -0.4 is 10.6 Å². The fourth-order valence-corrected chi connectivity index (χ4v) is 3.09. The van der Waals surface area contributed by atoms with Gasteiger partial charge in [0.1, 0.15) is 11.9 Å². The molecule has 2 N–H and O–H groups in total. The third-order valence-corrected chi connectivity index (χ3v) is 4.58. The van der Waals surface area contributed by atoms with E-state index in [1.165, 1.54) is 0 Å². The number of hydrogen-bond donors (Lipinski definition) is 2.